The number of nitrogens with one attached hydrogen (secondary N) is 1. The number of rotatable bonds is 10. The predicted octanol–water partition coefficient (Wildman–Crippen LogP) is 1.68. The second kappa shape index (κ2) is 9.15. The number of alkyl halides is 2. The van der Waals surface area contributed by atoms with Crippen LogP contribution in [0.4, 0.5) is 8.78 Å². The normalized spacial score (nSPS) is 14.1. The number of ether oxygens (including phenoxy) is 1. The summed E-state index contributed by atoms with van der Waals surface area (Å²) >= 11 is 1.61. The summed E-state index contributed by atoms with van der Waals surface area (Å²) in [5, 5.41) is 3.22. The lowest BCUT2D eigenvalue weighted by molar-refractivity contribution is -0.0384. The SMILES string of the molecule is CSC(C)NCCC(F)(F)CCOCCN. The van der Waals surface area contributed by atoms with Crippen LogP contribution in [-0.4, -0.2) is 43.9 Å². The summed E-state index contributed by atoms with van der Waals surface area (Å²) < 4.78 is 31.4. The molecule has 0 aromatic rings. The maximum atomic E-state index is 13.2. The first kappa shape index (κ1) is 16.1. The van der Waals surface area contributed by atoms with Crippen LogP contribution in [0.2, 0.25) is 0 Å². The van der Waals surface area contributed by atoms with Crippen molar-refractivity contribution in [3.63, 3.8) is 0 Å². The largest absolute Gasteiger partial charge is 0.380 e. The van der Waals surface area contributed by atoms with Crippen molar-refractivity contribution < 1.29 is 13.5 Å². The van der Waals surface area contributed by atoms with E-state index >= 15 is 0 Å². The lowest BCUT2D eigenvalue weighted by Crippen LogP contribution is -2.30. The molecule has 0 saturated carbocycles. The van der Waals surface area contributed by atoms with Gasteiger partial charge < -0.3 is 15.8 Å². The zero-order valence-electron chi connectivity index (χ0n) is 9.97. The Bertz CT molecular complexity index is 173. The molecule has 1 unspecified atom stereocenters. The highest BCUT2D eigenvalue weighted by Crippen LogP contribution is 2.22. The van der Waals surface area contributed by atoms with Gasteiger partial charge in [-0.2, -0.15) is 0 Å². The van der Waals surface area contributed by atoms with Crippen molar-refractivity contribution in [3.8, 4) is 0 Å². The standard InChI is InChI=1S/C10H22F2N2OS/c1-9(16-2)14-6-3-10(11,12)4-7-15-8-5-13/h9,14H,3-8,13H2,1-2H3. The first-order valence-corrected chi connectivity index (χ1v) is 6.72. The van der Waals surface area contributed by atoms with Gasteiger partial charge in [0.2, 0.25) is 0 Å². The molecular weight excluding hydrogens is 234 g/mol. The summed E-state index contributed by atoms with van der Waals surface area (Å²) in [6.45, 7) is 3.07. The van der Waals surface area contributed by atoms with Crippen LogP contribution in [0.3, 0.4) is 0 Å². The topological polar surface area (TPSA) is 47.3 Å². The van der Waals surface area contributed by atoms with E-state index in [1.54, 1.807) is 11.8 Å². The Balaban J connectivity index is 3.53. The van der Waals surface area contributed by atoms with Crippen LogP contribution < -0.4 is 11.1 Å². The molecule has 6 heteroatoms. The number of nitrogens with two attached hydrogens (primary N) is 1. The molecule has 0 fully saturated rings. The molecule has 0 amide bonds. The fourth-order valence-corrected chi connectivity index (χ4v) is 1.36. The summed E-state index contributed by atoms with van der Waals surface area (Å²) in [5.74, 6) is -2.65. The highest BCUT2D eigenvalue weighted by molar-refractivity contribution is 7.99. The Hall–Kier alpha value is 0.0900. The third kappa shape index (κ3) is 9.33. The molecular formula is C10H22F2N2OS. The second-order valence-corrected chi connectivity index (χ2v) is 4.77. The van der Waals surface area contributed by atoms with Gasteiger partial charge in [0.25, 0.3) is 5.92 Å². The van der Waals surface area contributed by atoms with E-state index < -0.39 is 5.92 Å². The van der Waals surface area contributed by atoms with Gasteiger partial charge in [0, 0.05) is 25.9 Å². The average Bonchev–Trinajstić information content (AvgIpc) is 2.24. The van der Waals surface area contributed by atoms with Crippen LogP contribution in [-0.2, 0) is 4.74 Å². The first-order valence-electron chi connectivity index (χ1n) is 5.43. The lowest BCUT2D eigenvalue weighted by atomic mass is 10.2. The van der Waals surface area contributed by atoms with Gasteiger partial charge in [-0.15, -0.1) is 11.8 Å². The molecule has 1 atom stereocenters. The highest BCUT2D eigenvalue weighted by atomic mass is 32.2. The number of hydrogen-bond donors (Lipinski definition) is 2. The summed E-state index contributed by atoms with van der Waals surface area (Å²) in [5.41, 5.74) is 5.18. The van der Waals surface area contributed by atoms with E-state index in [1.165, 1.54) is 0 Å². The van der Waals surface area contributed by atoms with E-state index in [-0.39, 0.29) is 24.8 Å². The van der Waals surface area contributed by atoms with Crippen molar-refractivity contribution in [2.75, 3.05) is 32.6 Å². The minimum absolute atomic E-state index is 0.0717. The molecule has 0 spiro atoms. The molecule has 0 aliphatic carbocycles. The molecule has 0 aromatic heterocycles. The Morgan fingerprint density at radius 3 is 2.62 bits per heavy atom. The maximum absolute atomic E-state index is 13.2. The molecule has 3 nitrogen and oxygen atoms in total. The van der Waals surface area contributed by atoms with E-state index in [1.807, 2.05) is 13.2 Å². The lowest BCUT2D eigenvalue weighted by Gasteiger charge is -2.18. The third-order valence-corrected chi connectivity index (χ3v) is 3.02. The van der Waals surface area contributed by atoms with Gasteiger partial charge in [0.1, 0.15) is 0 Å². The quantitative estimate of drug-likeness (QED) is 0.461. The van der Waals surface area contributed by atoms with Crippen molar-refractivity contribution in [1.82, 2.24) is 5.32 Å². The van der Waals surface area contributed by atoms with Crippen molar-refractivity contribution in [2.24, 2.45) is 5.73 Å². The Morgan fingerprint density at radius 1 is 1.38 bits per heavy atom. The Labute approximate surface area is 100 Å². The predicted molar refractivity (Wildman–Crippen MR) is 65.0 cm³/mol. The molecule has 0 radical (unpaired) electrons. The molecule has 16 heavy (non-hydrogen) atoms. The van der Waals surface area contributed by atoms with E-state index in [9.17, 15) is 8.78 Å². The van der Waals surface area contributed by atoms with Crippen LogP contribution in [0.1, 0.15) is 19.8 Å². The fraction of sp³-hybridized carbons (Fsp3) is 1.00. The minimum Gasteiger partial charge on any atom is -0.380 e. The van der Waals surface area contributed by atoms with Crippen LogP contribution >= 0.6 is 11.8 Å². The smallest absolute Gasteiger partial charge is 0.251 e. The average molecular weight is 256 g/mol. The van der Waals surface area contributed by atoms with E-state index in [2.05, 4.69) is 5.32 Å². The molecule has 0 bridgehead atoms. The van der Waals surface area contributed by atoms with Gasteiger partial charge in [-0.25, -0.2) is 8.78 Å². The molecule has 98 valence electrons. The van der Waals surface area contributed by atoms with E-state index in [0.29, 0.717) is 19.7 Å². The van der Waals surface area contributed by atoms with Gasteiger partial charge in [-0.05, 0) is 13.2 Å². The number of thioether (sulfide) groups is 1. The first-order chi connectivity index (χ1) is 7.52. The fourth-order valence-electron chi connectivity index (χ4n) is 1.07. The molecule has 3 N–H and O–H groups in total. The third-order valence-electron chi connectivity index (χ3n) is 2.15. The van der Waals surface area contributed by atoms with Gasteiger partial charge in [-0.1, -0.05) is 0 Å². The van der Waals surface area contributed by atoms with E-state index in [0.717, 1.165) is 0 Å². The zero-order valence-corrected chi connectivity index (χ0v) is 10.8. The molecule has 0 saturated heterocycles. The van der Waals surface area contributed by atoms with Gasteiger partial charge in [0.15, 0.2) is 0 Å². The van der Waals surface area contributed by atoms with E-state index in [4.69, 9.17) is 10.5 Å². The van der Waals surface area contributed by atoms with Gasteiger partial charge in [-0.3, -0.25) is 0 Å². The second-order valence-electron chi connectivity index (χ2n) is 3.59. The van der Waals surface area contributed by atoms with Gasteiger partial charge in [0.05, 0.1) is 18.6 Å². The zero-order chi connectivity index (χ0) is 12.4. The minimum atomic E-state index is -2.65. The van der Waals surface area contributed by atoms with Crippen molar-refractivity contribution in [3.05, 3.63) is 0 Å². The highest BCUT2D eigenvalue weighted by Gasteiger charge is 2.27. The molecule has 0 aliphatic rings. The Kier molecular flexibility index (Phi) is 9.21. The number of halogens is 2. The summed E-state index contributed by atoms with van der Waals surface area (Å²) in [7, 11) is 0. The van der Waals surface area contributed by atoms with Gasteiger partial charge >= 0.3 is 0 Å². The summed E-state index contributed by atoms with van der Waals surface area (Å²) in [6, 6.07) is 0. The summed E-state index contributed by atoms with van der Waals surface area (Å²) in [6.07, 6.45) is 1.56. The maximum Gasteiger partial charge on any atom is 0.251 e. The van der Waals surface area contributed by atoms with Crippen LogP contribution in [0.25, 0.3) is 0 Å². The van der Waals surface area contributed by atoms with Crippen molar-refractivity contribution in [2.45, 2.75) is 31.1 Å². The van der Waals surface area contributed by atoms with Crippen molar-refractivity contribution in [1.29, 1.82) is 0 Å². The molecule has 0 rings (SSSR count). The summed E-state index contributed by atoms with van der Waals surface area (Å²) in [4.78, 5) is 0. The van der Waals surface area contributed by atoms with Crippen LogP contribution in [0.5, 0.6) is 0 Å². The van der Waals surface area contributed by atoms with Crippen molar-refractivity contribution >= 4 is 11.8 Å². The monoisotopic (exact) mass is 256 g/mol. The van der Waals surface area contributed by atoms with Crippen LogP contribution in [0, 0.1) is 0 Å². The Morgan fingerprint density at radius 2 is 2.06 bits per heavy atom. The molecule has 0 heterocycles. The molecule has 0 aromatic carbocycles. The van der Waals surface area contributed by atoms with Crippen LogP contribution in [0.15, 0.2) is 0 Å². The molecule has 0 aliphatic heterocycles. The number of hydrogen-bond acceptors (Lipinski definition) is 4.